The molecule has 0 N–H and O–H groups in total. The summed E-state index contributed by atoms with van der Waals surface area (Å²) in [5.74, 6) is 0. The van der Waals surface area contributed by atoms with Crippen molar-refractivity contribution in [3.8, 4) is 0 Å². The Morgan fingerprint density at radius 2 is 1.41 bits per heavy atom. The van der Waals surface area contributed by atoms with Gasteiger partial charge in [-0.3, -0.25) is 0 Å². The molecule has 0 amide bonds. The molecule has 1 atom stereocenters. The van der Waals surface area contributed by atoms with E-state index >= 15 is 0 Å². The zero-order valence-corrected chi connectivity index (χ0v) is 14.6. The molecule has 1 nitrogen and oxygen atoms in total. The minimum absolute atomic E-state index is 0.688. The van der Waals surface area contributed by atoms with E-state index in [-0.39, 0.29) is 0 Å². The van der Waals surface area contributed by atoms with Crippen LogP contribution in [-0.2, 0) is 0 Å². The third kappa shape index (κ3) is 4.90. The number of hydrogen-bond acceptors (Lipinski definition) is 0. The molecule has 1 heterocycles. The van der Waals surface area contributed by atoms with Gasteiger partial charge in [-0.1, -0.05) is 83.4 Å². The summed E-state index contributed by atoms with van der Waals surface area (Å²) in [6.07, 6.45) is 15.9. The van der Waals surface area contributed by atoms with Gasteiger partial charge in [0.25, 0.3) is 0 Å². The van der Waals surface area contributed by atoms with Crippen molar-refractivity contribution in [3.63, 3.8) is 0 Å². The Kier molecular flexibility index (Phi) is 7.56. The van der Waals surface area contributed by atoms with Gasteiger partial charge in [-0.2, -0.15) is 0 Å². The zero-order chi connectivity index (χ0) is 15.6. The number of hydrogen-bond donors (Lipinski definition) is 0. The van der Waals surface area contributed by atoms with E-state index in [9.17, 15) is 0 Å². The first kappa shape index (κ1) is 17.1. The molecule has 0 aliphatic carbocycles. The summed E-state index contributed by atoms with van der Waals surface area (Å²) in [4.78, 5) is 0. The number of para-hydroxylation sites is 1. The first-order valence-electron chi connectivity index (χ1n) is 9.42. The van der Waals surface area contributed by atoms with E-state index in [4.69, 9.17) is 0 Å². The van der Waals surface area contributed by atoms with Crippen LogP contribution in [0, 0.1) is 0 Å². The number of aromatic nitrogens is 1. The topological polar surface area (TPSA) is 4.93 Å². The molecule has 2 aromatic rings. The molecule has 22 heavy (non-hydrogen) atoms. The fourth-order valence-corrected chi connectivity index (χ4v) is 3.46. The smallest absolute Gasteiger partial charge is 0.0482 e. The summed E-state index contributed by atoms with van der Waals surface area (Å²) < 4.78 is 2.55. The Morgan fingerprint density at radius 1 is 0.773 bits per heavy atom. The third-order valence-electron chi connectivity index (χ3n) is 4.80. The Bertz CT molecular complexity index is 525. The monoisotopic (exact) mass is 299 g/mol. The number of fused-ring (bicyclic) bond motifs is 1. The highest BCUT2D eigenvalue weighted by atomic mass is 15.0. The lowest BCUT2D eigenvalue weighted by molar-refractivity contribution is 0.406. The van der Waals surface area contributed by atoms with Crippen molar-refractivity contribution in [1.82, 2.24) is 4.57 Å². The molecule has 1 heteroatoms. The van der Waals surface area contributed by atoms with Gasteiger partial charge in [0.2, 0.25) is 0 Å². The van der Waals surface area contributed by atoms with E-state index in [1.807, 2.05) is 0 Å². The number of benzene rings is 1. The van der Waals surface area contributed by atoms with Gasteiger partial charge in [-0.25, -0.2) is 0 Å². The number of rotatable bonds is 11. The largest absolute Gasteiger partial charge is 0.344 e. The molecular weight excluding hydrogens is 266 g/mol. The summed E-state index contributed by atoms with van der Waals surface area (Å²) >= 11 is 0. The van der Waals surface area contributed by atoms with Crippen LogP contribution in [0.1, 0.15) is 84.1 Å². The van der Waals surface area contributed by atoms with Gasteiger partial charge in [0.15, 0.2) is 0 Å². The van der Waals surface area contributed by atoms with Crippen LogP contribution in [0.5, 0.6) is 0 Å². The van der Waals surface area contributed by atoms with Gasteiger partial charge in [-0.05, 0) is 30.4 Å². The normalized spacial score (nSPS) is 12.8. The molecular formula is C21H33N. The molecule has 0 aliphatic rings. The fraction of sp³-hybridized carbons (Fsp3) is 0.619. The lowest BCUT2D eigenvalue weighted by Crippen LogP contribution is -2.08. The maximum atomic E-state index is 2.55. The molecule has 0 saturated carbocycles. The van der Waals surface area contributed by atoms with E-state index in [0.29, 0.717) is 6.04 Å². The predicted octanol–water partition coefficient (Wildman–Crippen LogP) is 7.12. The summed E-state index contributed by atoms with van der Waals surface area (Å²) in [5, 5.41) is 1.38. The van der Waals surface area contributed by atoms with Crippen molar-refractivity contribution in [1.29, 1.82) is 0 Å². The molecule has 0 spiro atoms. The fourth-order valence-electron chi connectivity index (χ4n) is 3.46. The van der Waals surface area contributed by atoms with Gasteiger partial charge in [0, 0.05) is 17.8 Å². The lowest BCUT2D eigenvalue weighted by Gasteiger charge is -2.20. The summed E-state index contributed by atoms with van der Waals surface area (Å²) in [6.45, 7) is 4.59. The van der Waals surface area contributed by atoms with Crippen LogP contribution in [0.4, 0.5) is 0 Å². The SMILES string of the molecule is CCCCCCC[C@H](CCCCC)n1ccc2ccccc21. The second-order valence-corrected chi connectivity index (χ2v) is 6.63. The summed E-state index contributed by atoms with van der Waals surface area (Å²) in [5.41, 5.74) is 1.41. The van der Waals surface area contributed by atoms with Crippen LogP contribution in [-0.4, -0.2) is 4.57 Å². The minimum Gasteiger partial charge on any atom is -0.344 e. The van der Waals surface area contributed by atoms with Crippen molar-refractivity contribution < 1.29 is 0 Å². The van der Waals surface area contributed by atoms with Crippen LogP contribution in [0.2, 0.25) is 0 Å². The zero-order valence-electron chi connectivity index (χ0n) is 14.6. The molecule has 0 unspecified atom stereocenters. The molecule has 1 aromatic carbocycles. The van der Waals surface area contributed by atoms with Crippen molar-refractivity contribution in [2.24, 2.45) is 0 Å². The quantitative estimate of drug-likeness (QED) is 0.389. The molecule has 2 rings (SSSR count). The van der Waals surface area contributed by atoms with Crippen LogP contribution < -0.4 is 0 Å². The summed E-state index contributed by atoms with van der Waals surface area (Å²) in [6, 6.07) is 11.8. The van der Waals surface area contributed by atoms with Crippen LogP contribution >= 0.6 is 0 Å². The van der Waals surface area contributed by atoms with Gasteiger partial charge < -0.3 is 4.57 Å². The first-order chi connectivity index (χ1) is 10.9. The van der Waals surface area contributed by atoms with Crippen molar-refractivity contribution in [2.45, 2.75) is 84.1 Å². The van der Waals surface area contributed by atoms with Gasteiger partial charge in [-0.15, -0.1) is 0 Å². The van der Waals surface area contributed by atoms with E-state index < -0.39 is 0 Å². The third-order valence-corrected chi connectivity index (χ3v) is 4.80. The molecule has 0 fully saturated rings. The van der Waals surface area contributed by atoms with E-state index in [1.54, 1.807) is 0 Å². The maximum absolute atomic E-state index is 2.55. The van der Waals surface area contributed by atoms with Gasteiger partial charge in [0.05, 0.1) is 0 Å². The molecule has 0 saturated heterocycles. The average Bonchev–Trinajstić information content (AvgIpc) is 2.97. The molecule has 0 radical (unpaired) electrons. The Balaban J connectivity index is 1.99. The highest BCUT2D eigenvalue weighted by Gasteiger charge is 2.12. The van der Waals surface area contributed by atoms with Crippen LogP contribution in [0.15, 0.2) is 36.5 Å². The standard InChI is InChI=1S/C21H33N/c1-3-5-7-8-10-15-20(14-9-6-4-2)22-18-17-19-13-11-12-16-21(19)22/h11-13,16-18,20H,3-10,14-15H2,1-2H3/t20-/m0/s1. The van der Waals surface area contributed by atoms with Crippen molar-refractivity contribution in [3.05, 3.63) is 36.5 Å². The van der Waals surface area contributed by atoms with Crippen LogP contribution in [0.25, 0.3) is 10.9 Å². The molecule has 1 aromatic heterocycles. The van der Waals surface area contributed by atoms with Gasteiger partial charge in [0.1, 0.15) is 0 Å². The Labute approximate surface area is 136 Å². The van der Waals surface area contributed by atoms with E-state index in [2.05, 4.69) is 54.9 Å². The first-order valence-corrected chi connectivity index (χ1v) is 9.42. The van der Waals surface area contributed by atoms with E-state index in [0.717, 1.165) is 0 Å². The second kappa shape index (κ2) is 9.71. The molecule has 0 aliphatic heterocycles. The van der Waals surface area contributed by atoms with Crippen molar-refractivity contribution >= 4 is 10.9 Å². The van der Waals surface area contributed by atoms with Gasteiger partial charge >= 0.3 is 0 Å². The predicted molar refractivity (Wildman–Crippen MR) is 98.5 cm³/mol. The lowest BCUT2D eigenvalue weighted by atomic mass is 10.0. The minimum atomic E-state index is 0.688. The molecule has 122 valence electrons. The van der Waals surface area contributed by atoms with Crippen LogP contribution in [0.3, 0.4) is 0 Å². The second-order valence-electron chi connectivity index (χ2n) is 6.63. The highest BCUT2D eigenvalue weighted by Crippen LogP contribution is 2.28. The molecule has 0 bridgehead atoms. The Morgan fingerprint density at radius 3 is 2.18 bits per heavy atom. The highest BCUT2D eigenvalue weighted by molar-refractivity contribution is 5.80. The van der Waals surface area contributed by atoms with E-state index in [1.165, 1.54) is 75.1 Å². The maximum Gasteiger partial charge on any atom is 0.0482 e. The van der Waals surface area contributed by atoms with Crippen molar-refractivity contribution in [2.75, 3.05) is 0 Å². The average molecular weight is 300 g/mol. The summed E-state index contributed by atoms with van der Waals surface area (Å²) in [7, 11) is 0. The number of nitrogens with zero attached hydrogens (tertiary/aromatic N) is 1. The Hall–Kier alpha value is -1.24. The number of unbranched alkanes of at least 4 members (excludes halogenated alkanes) is 6.